The molecule has 2 bridgehead atoms. The first-order valence-corrected chi connectivity index (χ1v) is 10.6. The average molecular weight is 450 g/mol. The summed E-state index contributed by atoms with van der Waals surface area (Å²) < 4.78 is 52.5. The molecule has 2 saturated heterocycles. The Labute approximate surface area is 184 Å². The second kappa shape index (κ2) is 7.56. The van der Waals surface area contributed by atoms with Gasteiger partial charge in [-0.1, -0.05) is 0 Å². The van der Waals surface area contributed by atoms with Gasteiger partial charge in [0.25, 0.3) is 0 Å². The number of nitrogens with zero attached hydrogens (tertiary/aromatic N) is 2. The zero-order chi connectivity index (χ0) is 23.5. The van der Waals surface area contributed by atoms with Crippen molar-refractivity contribution in [3.63, 3.8) is 0 Å². The number of amides is 1. The molecule has 3 aliphatic rings. The number of alkyl halides is 3. The molecule has 0 aromatic heterocycles. The summed E-state index contributed by atoms with van der Waals surface area (Å²) in [4.78, 5) is 26.6. The highest BCUT2D eigenvalue weighted by atomic mass is 19.4. The van der Waals surface area contributed by atoms with E-state index in [0.717, 1.165) is 29.9 Å². The molecule has 0 N–H and O–H groups in total. The molecule has 3 unspecified atom stereocenters. The summed E-state index contributed by atoms with van der Waals surface area (Å²) in [5.41, 5.74) is -3.60. The Hall–Kier alpha value is -2.44. The molecular formula is C23H25F3N2O4. The van der Waals surface area contributed by atoms with E-state index < -0.39 is 52.4 Å². The van der Waals surface area contributed by atoms with Crippen molar-refractivity contribution in [1.29, 1.82) is 5.26 Å². The van der Waals surface area contributed by atoms with Crippen LogP contribution in [-0.4, -0.2) is 43.2 Å². The number of aldehydes is 1. The van der Waals surface area contributed by atoms with Gasteiger partial charge in [-0.05, 0) is 50.8 Å². The lowest BCUT2D eigenvalue weighted by molar-refractivity contribution is -0.139. The lowest BCUT2D eigenvalue weighted by atomic mass is 9.66. The Bertz CT molecular complexity index is 986. The molecule has 3 fully saturated rings. The fraction of sp³-hybridized carbons (Fsp3) is 0.609. The molecule has 4 rings (SSSR count). The van der Waals surface area contributed by atoms with Crippen LogP contribution in [0.15, 0.2) is 18.2 Å². The van der Waals surface area contributed by atoms with E-state index >= 15 is 0 Å². The van der Waals surface area contributed by atoms with E-state index in [1.807, 2.05) is 0 Å². The predicted molar refractivity (Wildman–Crippen MR) is 108 cm³/mol. The van der Waals surface area contributed by atoms with Crippen LogP contribution in [0, 0.1) is 29.1 Å². The molecular weight excluding hydrogens is 425 g/mol. The molecule has 1 aliphatic carbocycles. The maximum Gasteiger partial charge on any atom is 0.417 e. The third-order valence-electron chi connectivity index (χ3n) is 7.15. The van der Waals surface area contributed by atoms with Crippen molar-refractivity contribution in [2.24, 2.45) is 17.8 Å². The third-order valence-corrected chi connectivity index (χ3v) is 7.15. The van der Waals surface area contributed by atoms with E-state index in [1.54, 1.807) is 13.8 Å². The van der Waals surface area contributed by atoms with Gasteiger partial charge in [-0.15, -0.1) is 0 Å². The SMILES string of the molecule is CN(C(=O)[C@@H]1[C@H](C=O)C2(C)CC(OCC3CC3)C1(C)O2)c1ccc(C#N)c(C(F)(F)F)c1. The van der Waals surface area contributed by atoms with Crippen LogP contribution in [-0.2, 0) is 25.2 Å². The highest BCUT2D eigenvalue weighted by Gasteiger charge is 2.70. The molecule has 1 saturated carbocycles. The number of halogens is 3. The van der Waals surface area contributed by atoms with Gasteiger partial charge in [0.05, 0.1) is 40.7 Å². The van der Waals surface area contributed by atoms with Crippen molar-refractivity contribution < 1.29 is 32.2 Å². The second-order valence-electron chi connectivity index (χ2n) is 9.44. The second-order valence-corrected chi connectivity index (χ2v) is 9.44. The largest absolute Gasteiger partial charge is 0.417 e. The summed E-state index contributed by atoms with van der Waals surface area (Å²) in [6, 6.07) is 4.65. The van der Waals surface area contributed by atoms with Gasteiger partial charge in [-0.25, -0.2) is 0 Å². The Morgan fingerprint density at radius 3 is 2.62 bits per heavy atom. The highest BCUT2D eigenvalue weighted by Crippen LogP contribution is 2.58. The van der Waals surface area contributed by atoms with Crippen molar-refractivity contribution in [3.05, 3.63) is 29.3 Å². The first kappa shape index (κ1) is 22.7. The number of hydrogen-bond donors (Lipinski definition) is 0. The van der Waals surface area contributed by atoms with Crippen molar-refractivity contribution >= 4 is 17.9 Å². The number of anilines is 1. The molecule has 5 atom stereocenters. The van der Waals surface area contributed by atoms with Crippen LogP contribution in [0.4, 0.5) is 18.9 Å². The summed E-state index contributed by atoms with van der Waals surface area (Å²) in [6.45, 7) is 4.09. The maximum absolute atomic E-state index is 13.5. The monoisotopic (exact) mass is 450 g/mol. The Morgan fingerprint density at radius 2 is 2.06 bits per heavy atom. The molecule has 32 heavy (non-hydrogen) atoms. The molecule has 0 radical (unpaired) electrons. The van der Waals surface area contributed by atoms with Gasteiger partial charge in [0.2, 0.25) is 5.91 Å². The van der Waals surface area contributed by atoms with Crippen LogP contribution < -0.4 is 4.90 Å². The molecule has 9 heteroatoms. The molecule has 2 heterocycles. The topological polar surface area (TPSA) is 79.6 Å². The number of hydrogen-bond acceptors (Lipinski definition) is 5. The third kappa shape index (κ3) is 3.59. The van der Waals surface area contributed by atoms with Crippen LogP contribution in [0.3, 0.4) is 0 Å². The lowest BCUT2D eigenvalue weighted by Gasteiger charge is -2.39. The summed E-state index contributed by atoms with van der Waals surface area (Å²) in [7, 11) is 1.36. The van der Waals surface area contributed by atoms with Crippen LogP contribution >= 0.6 is 0 Å². The normalized spacial score (nSPS) is 33.7. The minimum absolute atomic E-state index is 0.0158. The minimum atomic E-state index is -4.74. The number of nitriles is 1. The van der Waals surface area contributed by atoms with E-state index in [0.29, 0.717) is 25.2 Å². The van der Waals surface area contributed by atoms with Crippen LogP contribution in [0.25, 0.3) is 0 Å². The number of rotatable bonds is 6. The van der Waals surface area contributed by atoms with Gasteiger partial charge in [0.1, 0.15) is 11.9 Å². The average Bonchev–Trinajstić information content (AvgIpc) is 3.48. The number of fused-ring (bicyclic) bond motifs is 2. The molecule has 2 aliphatic heterocycles. The van der Waals surface area contributed by atoms with Crippen molar-refractivity contribution in [3.8, 4) is 6.07 Å². The Kier molecular flexibility index (Phi) is 5.37. The number of benzene rings is 1. The molecule has 172 valence electrons. The molecule has 6 nitrogen and oxygen atoms in total. The number of ether oxygens (including phenoxy) is 2. The summed E-state index contributed by atoms with van der Waals surface area (Å²) in [5.74, 6) is -1.67. The number of carbonyl (C=O) groups is 2. The standard InChI is InChI=1S/C23H25F3N2O4/c1-21-9-18(31-12-13-4-5-13)22(2,32-21)19(17(21)11-29)20(30)28(3)15-7-6-14(10-27)16(8-15)23(24,25)26/h6-8,11,13,17-19H,4-5,9,12H2,1-3H3/t17-,18?,19-,21?,22?/m0/s1. The maximum atomic E-state index is 13.5. The molecule has 1 aromatic carbocycles. The Morgan fingerprint density at radius 1 is 1.38 bits per heavy atom. The summed E-state index contributed by atoms with van der Waals surface area (Å²) >= 11 is 0. The molecule has 0 spiro atoms. The predicted octanol–water partition coefficient (Wildman–Crippen LogP) is 3.72. The zero-order valence-electron chi connectivity index (χ0n) is 18.1. The van der Waals surface area contributed by atoms with Gasteiger partial charge in [0, 0.05) is 25.8 Å². The summed E-state index contributed by atoms with van der Waals surface area (Å²) in [5, 5.41) is 9.02. The van der Waals surface area contributed by atoms with Crippen LogP contribution in [0.5, 0.6) is 0 Å². The summed E-state index contributed by atoms with van der Waals surface area (Å²) in [6.07, 6.45) is -1.75. The molecule has 1 aromatic rings. The van der Waals surface area contributed by atoms with Crippen molar-refractivity contribution in [2.75, 3.05) is 18.6 Å². The fourth-order valence-electron chi connectivity index (χ4n) is 5.15. The lowest BCUT2D eigenvalue weighted by Crippen LogP contribution is -2.55. The van der Waals surface area contributed by atoms with E-state index in [2.05, 4.69) is 0 Å². The quantitative estimate of drug-likeness (QED) is 0.618. The van der Waals surface area contributed by atoms with E-state index in [4.69, 9.17) is 14.7 Å². The minimum Gasteiger partial charge on any atom is -0.375 e. The van der Waals surface area contributed by atoms with E-state index in [9.17, 15) is 22.8 Å². The number of carbonyl (C=O) groups excluding carboxylic acids is 2. The Balaban J connectivity index is 1.65. The molecule has 1 amide bonds. The van der Waals surface area contributed by atoms with Crippen LogP contribution in [0.2, 0.25) is 0 Å². The first-order valence-electron chi connectivity index (χ1n) is 10.6. The van der Waals surface area contributed by atoms with Gasteiger partial charge < -0.3 is 19.2 Å². The van der Waals surface area contributed by atoms with Crippen molar-refractivity contribution in [1.82, 2.24) is 0 Å². The fourth-order valence-corrected chi connectivity index (χ4v) is 5.15. The van der Waals surface area contributed by atoms with E-state index in [1.165, 1.54) is 19.2 Å². The zero-order valence-corrected chi connectivity index (χ0v) is 18.1. The van der Waals surface area contributed by atoms with Crippen molar-refractivity contribution in [2.45, 2.75) is 56.6 Å². The van der Waals surface area contributed by atoms with Gasteiger partial charge in [0.15, 0.2) is 0 Å². The van der Waals surface area contributed by atoms with Gasteiger partial charge in [-0.3, -0.25) is 4.79 Å². The smallest absolute Gasteiger partial charge is 0.375 e. The highest BCUT2D eigenvalue weighted by molar-refractivity contribution is 5.97. The van der Waals surface area contributed by atoms with Crippen LogP contribution in [0.1, 0.15) is 44.2 Å². The first-order chi connectivity index (χ1) is 14.9. The van der Waals surface area contributed by atoms with Gasteiger partial charge in [-0.2, -0.15) is 18.4 Å². The van der Waals surface area contributed by atoms with Gasteiger partial charge >= 0.3 is 6.18 Å². The van der Waals surface area contributed by atoms with E-state index in [-0.39, 0.29) is 5.69 Å².